The Bertz CT molecular complexity index is 1650. The topological polar surface area (TPSA) is 77.5 Å². The number of nitrogens with zero attached hydrogens (tertiary/aromatic N) is 1. The summed E-state index contributed by atoms with van der Waals surface area (Å²) in [6, 6.07) is 31.9. The third-order valence-corrected chi connectivity index (χ3v) is 7.07. The molecule has 5 rings (SSSR count). The van der Waals surface area contributed by atoms with Crippen LogP contribution in [-0.2, 0) is 27.4 Å². The number of hydrogen-bond donors (Lipinski definition) is 1. The number of aromatic nitrogens is 1. The van der Waals surface area contributed by atoms with Crippen molar-refractivity contribution < 1.29 is 19.1 Å². The number of nitrogens with one attached hydrogen (secondary N) is 1. The van der Waals surface area contributed by atoms with Gasteiger partial charge in [-0.2, -0.15) is 0 Å². The highest BCUT2D eigenvalue weighted by Crippen LogP contribution is 2.27. The smallest absolute Gasteiger partial charge is 0.305 e. The molecule has 4 aromatic carbocycles. The lowest BCUT2D eigenvalue weighted by atomic mass is 9.97. The van der Waals surface area contributed by atoms with Crippen molar-refractivity contribution in [1.29, 1.82) is 0 Å². The maximum atomic E-state index is 13.0. The highest BCUT2D eigenvalue weighted by molar-refractivity contribution is 5.96. The zero-order chi connectivity index (χ0) is 27.9. The summed E-state index contributed by atoms with van der Waals surface area (Å²) in [5.74, 6) is 0.185. The Morgan fingerprint density at radius 2 is 1.60 bits per heavy atom. The molecule has 1 N–H and O–H groups in total. The van der Waals surface area contributed by atoms with E-state index in [0.717, 1.165) is 62.8 Å². The summed E-state index contributed by atoms with van der Waals surface area (Å²) < 4.78 is 10.7. The fraction of sp³-hybridized carbons (Fsp3) is 0.206. The summed E-state index contributed by atoms with van der Waals surface area (Å²) in [6.45, 7) is 2.30. The number of anilines is 1. The number of amides is 1. The Morgan fingerprint density at radius 1 is 0.850 bits per heavy atom. The van der Waals surface area contributed by atoms with Crippen LogP contribution < -0.4 is 10.1 Å². The molecule has 1 aromatic heterocycles. The Kier molecular flexibility index (Phi) is 8.35. The van der Waals surface area contributed by atoms with Crippen molar-refractivity contribution in [1.82, 2.24) is 4.98 Å². The van der Waals surface area contributed by atoms with Crippen LogP contribution in [0.5, 0.6) is 5.75 Å². The molecule has 6 nitrogen and oxygen atoms in total. The number of benzene rings is 4. The van der Waals surface area contributed by atoms with Gasteiger partial charge in [0.15, 0.2) is 0 Å². The van der Waals surface area contributed by atoms with Gasteiger partial charge in [0.2, 0.25) is 5.91 Å². The molecule has 0 aliphatic rings. The predicted octanol–water partition coefficient (Wildman–Crippen LogP) is 7.20. The monoisotopic (exact) mass is 532 g/mol. The second kappa shape index (κ2) is 12.4. The number of pyridine rings is 1. The van der Waals surface area contributed by atoms with Crippen molar-refractivity contribution in [3.05, 3.63) is 114 Å². The highest BCUT2D eigenvalue weighted by atomic mass is 16.5. The van der Waals surface area contributed by atoms with Crippen LogP contribution >= 0.6 is 0 Å². The minimum atomic E-state index is -0.320. The summed E-state index contributed by atoms with van der Waals surface area (Å²) in [6.07, 6.45) is 1.91. The van der Waals surface area contributed by atoms with Gasteiger partial charge >= 0.3 is 5.97 Å². The van der Waals surface area contributed by atoms with E-state index in [-0.39, 0.29) is 17.8 Å². The van der Waals surface area contributed by atoms with Gasteiger partial charge in [0.1, 0.15) is 12.4 Å². The van der Waals surface area contributed by atoms with Crippen LogP contribution in [0, 0.1) is 0 Å². The molecule has 0 radical (unpaired) electrons. The predicted molar refractivity (Wildman–Crippen MR) is 158 cm³/mol. The lowest BCUT2D eigenvalue weighted by Gasteiger charge is -2.14. The van der Waals surface area contributed by atoms with Gasteiger partial charge in [-0.3, -0.25) is 9.59 Å². The van der Waals surface area contributed by atoms with Crippen molar-refractivity contribution >= 4 is 39.2 Å². The fourth-order valence-corrected chi connectivity index (χ4v) is 4.64. The van der Waals surface area contributed by atoms with Gasteiger partial charge in [-0.1, -0.05) is 60.7 Å². The van der Waals surface area contributed by atoms with Gasteiger partial charge < -0.3 is 14.8 Å². The van der Waals surface area contributed by atoms with Crippen molar-refractivity contribution in [3.8, 4) is 5.75 Å². The number of hydrogen-bond acceptors (Lipinski definition) is 5. The van der Waals surface area contributed by atoms with Crippen molar-refractivity contribution in [2.24, 2.45) is 0 Å². The van der Waals surface area contributed by atoms with E-state index in [1.54, 1.807) is 0 Å². The average molecular weight is 533 g/mol. The summed E-state index contributed by atoms with van der Waals surface area (Å²) in [5, 5.41) is 6.21. The maximum absolute atomic E-state index is 13.0. The van der Waals surface area contributed by atoms with E-state index < -0.39 is 0 Å². The zero-order valence-corrected chi connectivity index (χ0v) is 22.7. The van der Waals surface area contributed by atoms with Crippen LogP contribution in [0.3, 0.4) is 0 Å². The van der Waals surface area contributed by atoms with Crippen LogP contribution in [0.2, 0.25) is 0 Å². The fourth-order valence-electron chi connectivity index (χ4n) is 4.64. The molecule has 1 atom stereocenters. The van der Waals surface area contributed by atoms with E-state index in [2.05, 4.69) is 27.2 Å². The normalized spacial score (nSPS) is 11.8. The Labute approximate surface area is 234 Å². The highest BCUT2D eigenvalue weighted by Gasteiger charge is 2.16. The standard InChI is InChI=1S/C34H32N2O4/c1-23(34(38)36-29-16-10-24(11-17-29)6-5-9-33(37)39-2)26-12-13-28-21-31(19-15-27(28)20-26)40-22-30-18-14-25-7-3-4-8-32(25)35-30/h3-4,7-8,10-21,23H,5-6,9,22H2,1-2H3,(H,36,38). The summed E-state index contributed by atoms with van der Waals surface area (Å²) in [4.78, 5) is 28.9. The molecule has 40 heavy (non-hydrogen) atoms. The first kappa shape index (κ1) is 26.9. The van der Waals surface area contributed by atoms with Crippen molar-refractivity contribution in [2.45, 2.75) is 38.7 Å². The number of aryl methyl sites for hydroxylation is 1. The maximum Gasteiger partial charge on any atom is 0.305 e. The first-order chi connectivity index (χ1) is 19.5. The zero-order valence-electron chi connectivity index (χ0n) is 22.7. The number of carbonyl (C=O) groups is 2. The Balaban J connectivity index is 1.18. The third kappa shape index (κ3) is 6.64. The molecule has 5 aromatic rings. The largest absolute Gasteiger partial charge is 0.487 e. The van der Waals surface area contributed by atoms with Gasteiger partial charge in [-0.05, 0) is 78.1 Å². The summed E-state index contributed by atoms with van der Waals surface area (Å²) >= 11 is 0. The van der Waals surface area contributed by atoms with Gasteiger partial charge in [0, 0.05) is 17.5 Å². The number of rotatable bonds is 10. The molecule has 0 spiro atoms. The number of esters is 1. The van der Waals surface area contributed by atoms with Gasteiger partial charge in [0.25, 0.3) is 0 Å². The first-order valence-electron chi connectivity index (χ1n) is 13.5. The molecule has 1 heterocycles. The van der Waals surface area contributed by atoms with Gasteiger partial charge in [0.05, 0.1) is 24.2 Å². The minimum absolute atomic E-state index is 0.0689. The number of para-hydroxylation sites is 1. The molecule has 0 aliphatic heterocycles. The molecule has 6 heteroatoms. The third-order valence-electron chi connectivity index (χ3n) is 7.07. The lowest BCUT2D eigenvalue weighted by molar-refractivity contribution is -0.140. The Hall–Kier alpha value is -4.71. The number of fused-ring (bicyclic) bond motifs is 2. The van der Waals surface area contributed by atoms with E-state index in [4.69, 9.17) is 4.74 Å². The van der Waals surface area contributed by atoms with E-state index >= 15 is 0 Å². The van der Waals surface area contributed by atoms with E-state index in [9.17, 15) is 9.59 Å². The second-order valence-corrected chi connectivity index (χ2v) is 9.89. The molecule has 1 unspecified atom stereocenters. The molecule has 0 saturated carbocycles. The van der Waals surface area contributed by atoms with Crippen LogP contribution in [0.1, 0.15) is 42.5 Å². The van der Waals surface area contributed by atoms with Crippen molar-refractivity contribution in [2.75, 3.05) is 12.4 Å². The van der Waals surface area contributed by atoms with Gasteiger partial charge in [-0.25, -0.2) is 4.98 Å². The number of ether oxygens (including phenoxy) is 2. The van der Waals surface area contributed by atoms with E-state index in [1.807, 2.05) is 91.9 Å². The number of carbonyl (C=O) groups excluding carboxylic acids is 2. The molecule has 0 bridgehead atoms. The molecule has 0 saturated heterocycles. The SMILES string of the molecule is COC(=O)CCCc1ccc(NC(=O)C(C)c2ccc3cc(OCc4ccc5ccccc5n4)ccc3c2)cc1. The second-order valence-electron chi connectivity index (χ2n) is 9.89. The van der Waals surface area contributed by atoms with E-state index in [1.165, 1.54) is 7.11 Å². The molecule has 0 fully saturated rings. The molecule has 0 aliphatic carbocycles. The number of methoxy groups -OCH3 is 1. The van der Waals surface area contributed by atoms with Crippen LogP contribution in [0.25, 0.3) is 21.7 Å². The van der Waals surface area contributed by atoms with Crippen molar-refractivity contribution in [3.63, 3.8) is 0 Å². The lowest BCUT2D eigenvalue weighted by Crippen LogP contribution is -2.18. The minimum Gasteiger partial charge on any atom is -0.487 e. The molecular weight excluding hydrogens is 500 g/mol. The van der Waals surface area contributed by atoms with E-state index in [0.29, 0.717) is 13.0 Å². The van der Waals surface area contributed by atoms with Crippen LogP contribution in [0.15, 0.2) is 97.1 Å². The molecule has 202 valence electrons. The Morgan fingerprint density at radius 3 is 2.42 bits per heavy atom. The average Bonchev–Trinajstić information content (AvgIpc) is 2.99. The first-order valence-corrected chi connectivity index (χ1v) is 13.5. The summed E-state index contributed by atoms with van der Waals surface area (Å²) in [5.41, 5.74) is 4.64. The molecular formula is C34H32N2O4. The van der Waals surface area contributed by atoms with Gasteiger partial charge in [-0.15, -0.1) is 0 Å². The quantitative estimate of drug-likeness (QED) is 0.192. The van der Waals surface area contributed by atoms with Crippen LogP contribution in [-0.4, -0.2) is 24.0 Å². The molecule has 1 amide bonds. The van der Waals surface area contributed by atoms with Crippen LogP contribution in [0.4, 0.5) is 5.69 Å². The summed E-state index contributed by atoms with van der Waals surface area (Å²) in [7, 11) is 1.40.